The van der Waals surface area contributed by atoms with Crippen LogP contribution in [-0.2, 0) is 17.6 Å². The number of anilines is 1. The average molecular weight is 318 g/mol. The second-order valence-corrected chi connectivity index (χ2v) is 7.89. The Morgan fingerprint density at radius 2 is 2.05 bits per heavy atom. The standard InChI is InChI=1S/C16H22N4OS/c1-9-18-14(17-8-12(21)20-16(2,3)4)13-10-6-5-7-11(10)22-15(13)19-9/h5-8H2,1-4H3,(H,20,21)(H,17,18,19). The highest BCUT2D eigenvalue weighted by molar-refractivity contribution is 7.19. The van der Waals surface area contributed by atoms with Crippen LogP contribution in [0.3, 0.4) is 0 Å². The lowest BCUT2D eigenvalue weighted by Gasteiger charge is -2.20. The van der Waals surface area contributed by atoms with Gasteiger partial charge in [0.1, 0.15) is 16.5 Å². The zero-order valence-electron chi connectivity index (χ0n) is 13.5. The summed E-state index contributed by atoms with van der Waals surface area (Å²) in [6.45, 7) is 8.05. The molecule has 0 saturated heterocycles. The van der Waals surface area contributed by atoms with Crippen LogP contribution in [0.25, 0.3) is 10.2 Å². The third-order valence-electron chi connectivity index (χ3n) is 3.61. The maximum atomic E-state index is 12.0. The first-order valence-corrected chi connectivity index (χ1v) is 8.49. The van der Waals surface area contributed by atoms with Crippen molar-refractivity contribution in [3.63, 3.8) is 0 Å². The molecule has 0 fully saturated rings. The zero-order valence-corrected chi connectivity index (χ0v) is 14.4. The predicted molar refractivity (Wildman–Crippen MR) is 90.6 cm³/mol. The molecular formula is C16H22N4OS. The van der Waals surface area contributed by atoms with Crippen molar-refractivity contribution < 1.29 is 4.79 Å². The van der Waals surface area contributed by atoms with Crippen LogP contribution in [0.4, 0.5) is 5.82 Å². The summed E-state index contributed by atoms with van der Waals surface area (Å²) in [5, 5.41) is 7.28. The Morgan fingerprint density at radius 1 is 1.27 bits per heavy atom. The number of carbonyl (C=O) groups is 1. The van der Waals surface area contributed by atoms with Gasteiger partial charge in [0.05, 0.1) is 11.9 Å². The van der Waals surface area contributed by atoms with Gasteiger partial charge in [-0.15, -0.1) is 11.3 Å². The maximum Gasteiger partial charge on any atom is 0.239 e. The molecule has 0 aromatic carbocycles. The number of nitrogens with zero attached hydrogens (tertiary/aromatic N) is 2. The van der Waals surface area contributed by atoms with Crippen molar-refractivity contribution in [2.24, 2.45) is 0 Å². The number of rotatable bonds is 3. The fourth-order valence-corrected chi connectivity index (χ4v) is 4.16. The fraction of sp³-hybridized carbons (Fsp3) is 0.562. The minimum Gasteiger partial charge on any atom is -0.360 e. The van der Waals surface area contributed by atoms with Crippen LogP contribution in [0.2, 0.25) is 0 Å². The average Bonchev–Trinajstić information content (AvgIpc) is 2.93. The zero-order chi connectivity index (χ0) is 15.9. The van der Waals surface area contributed by atoms with E-state index in [-0.39, 0.29) is 18.0 Å². The van der Waals surface area contributed by atoms with E-state index in [1.807, 2.05) is 27.7 Å². The van der Waals surface area contributed by atoms with Crippen molar-refractivity contribution in [2.75, 3.05) is 11.9 Å². The van der Waals surface area contributed by atoms with Gasteiger partial charge in [-0.2, -0.15) is 0 Å². The van der Waals surface area contributed by atoms with Crippen molar-refractivity contribution >= 4 is 33.3 Å². The number of thiophene rings is 1. The highest BCUT2D eigenvalue weighted by atomic mass is 32.1. The molecule has 0 aliphatic heterocycles. The van der Waals surface area contributed by atoms with E-state index in [2.05, 4.69) is 20.6 Å². The molecule has 118 valence electrons. The second-order valence-electron chi connectivity index (χ2n) is 6.81. The summed E-state index contributed by atoms with van der Waals surface area (Å²) in [5.41, 5.74) is 1.15. The van der Waals surface area contributed by atoms with Crippen LogP contribution < -0.4 is 10.6 Å². The molecule has 22 heavy (non-hydrogen) atoms. The van der Waals surface area contributed by atoms with Gasteiger partial charge in [0.25, 0.3) is 0 Å². The lowest BCUT2D eigenvalue weighted by atomic mass is 10.1. The number of nitrogens with one attached hydrogen (secondary N) is 2. The van der Waals surface area contributed by atoms with E-state index in [1.54, 1.807) is 11.3 Å². The lowest BCUT2D eigenvalue weighted by molar-refractivity contribution is -0.120. The van der Waals surface area contributed by atoms with Gasteiger partial charge in [-0.25, -0.2) is 9.97 Å². The lowest BCUT2D eigenvalue weighted by Crippen LogP contribution is -2.43. The van der Waals surface area contributed by atoms with Crippen LogP contribution >= 0.6 is 11.3 Å². The van der Waals surface area contributed by atoms with Crippen molar-refractivity contribution in [3.05, 3.63) is 16.3 Å². The molecule has 2 aromatic heterocycles. The number of hydrogen-bond acceptors (Lipinski definition) is 5. The number of aryl methyl sites for hydroxylation is 3. The molecule has 0 unspecified atom stereocenters. The summed E-state index contributed by atoms with van der Waals surface area (Å²) in [6, 6.07) is 0. The number of carbonyl (C=O) groups excluding carboxylic acids is 1. The van der Waals surface area contributed by atoms with Gasteiger partial charge in [0, 0.05) is 10.4 Å². The first-order chi connectivity index (χ1) is 10.3. The molecule has 2 heterocycles. The first kappa shape index (κ1) is 15.2. The molecular weight excluding hydrogens is 296 g/mol. The number of aromatic nitrogens is 2. The van der Waals surface area contributed by atoms with E-state index in [4.69, 9.17) is 0 Å². The molecule has 0 radical (unpaired) electrons. The largest absolute Gasteiger partial charge is 0.360 e. The smallest absolute Gasteiger partial charge is 0.239 e. The van der Waals surface area contributed by atoms with Crippen molar-refractivity contribution in [2.45, 2.75) is 52.5 Å². The highest BCUT2D eigenvalue weighted by Gasteiger charge is 2.22. The van der Waals surface area contributed by atoms with Crippen LogP contribution in [0, 0.1) is 6.92 Å². The van der Waals surface area contributed by atoms with Gasteiger partial charge in [-0.3, -0.25) is 4.79 Å². The van der Waals surface area contributed by atoms with Gasteiger partial charge >= 0.3 is 0 Å². The molecule has 1 aliphatic carbocycles. The molecule has 3 rings (SSSR count). The fourth-order valence-electron chi connectivity index (χ4n) is 2.86. The molecule has 0 saturated carbocycles. The first-order valence-electron chi connectivity index (χ1n) is 7.67. The third kappa shape index (κ3) is 3.06. The van der Waals surface area contributed by atoms with E-state index >= 15 is 0 Å². The molecule has 1 aliphatic rings. The summed E-state index contributed by atoms with van der Waals surface area (Å²) in [5.74, 6) is 1.51. The Balaban J connectivity index is 1.86. The Bertz CT molecular complexity index is 730. The van der Waals surface area contributed by atoms with E-state index in [1.165, 1.54) is 16.9 Å². The SMILES string of the molecule is Cc1nc(NCC(=O)NC(C)(C)C)c2c3c(sc2n1)CCC3. The quantitative estimate of drug-likeness (QED) is 0.913. The topological polar surface area (TPSA) is 66.9 Å². The normalized spacial score (nSPS) is 14.2. The van der Waals surface area contributed by atoms with Gasteiger partial charge in [0.15, 0.2) is 0 Å². The van der Waals surface area contributed by atoms with Crippen LogP contribution in [0.15, 0.2) is 0 Å². The molecule has 0 bridgehead atoms. The Morgan fingerprint density at radius 3 is 2.77 bits per heavy atom. The summed E-state index contributed by atoms with van der Waals surface area (Å²) < 4.78 is 0. The molecule has 2 N–H and O–H groups in total. The van der Waals surface area contributed by atoms with E-state index in [0.717, 1.165) is 34.7 Å². The van der Waals surface area contributed by atoms with E-state index in [9.17, 15) is 4.79 Å². The molecule has 2 aromatic rings. The highest BCUT2D eigenvalue weighted by Crippen LogP contribution is 2.39. The van der Waals surface area contributed by atoms with Crippen molar-refractivity contribution in [1.82, 2.24) is 15.3 Å². The van der Waals surface area contributed by atoms with Crippen LogP contribution in [-0.4, -0.2) is 28.0 Å². The van der Waals surface area contributed by atoms with Crippen molar-refractivity contribution in [1.29, 1.82) is 0 Å². The monoisotopic (exact) mass is 318 g/mol. The number of amides is 1. The summed E-state index contributed by atoms with van der Waals surface area (Å²) in [7, 11) is 0. The van der Waals surface area contributed by atoms with Crippen molar-refractivity contribution in [3.8, 4) is 0 Å². The van der Waals surface area contributed by atoms with E-state index < -0.39 is 0 Å². The van der Waals surface area contributed by atoms with E-state index in [0.29, 0.717) is 0 Å². The summed E-state index contributed by atoms with van der Waals surface area (Å²) >= 11 is 1.77. The minimum atomic E-state index is -0.223. The van der Waals surface area contributed by atoms with Gasteiger partial charge in [-0.1, -0.05) is 0 Å². The minimum absolute atomic E-state index is 0.0243. The number of hydrogen-bond donors (Lipinski definition) is 2. The molecule has 0 spiro atoms. The second kappa shape index (κ2) is 5.50. The molecule has 5 nitrogen and oxygen atoms in total. The molecule has 1 amide bonds. The maximum absolute atomic E-state index is 12.0. The Labute approximate surface area is 134 Å². The van der Waals surface area contributed by atoms with Gasteiger partial charge in [-0.05, 0) is 52.5 Å². The Hall–Kier alpha value is -1.69. The number of fused-ring (bicyclic) bond motifs is 3. The van der Waals surface area contributed by atoms with Crippen LogP contribution in [0.5, 0.6) is 0 Å². The van der Waals surface area contributed by atoms with Crippen LogP contribution in [0.1, 0.15) is 43.5 Å². The van der Waals surface area contributed by atoms with Gasteiger partial charge < -0.3 is 10.6 Å². The molecule has 0 atom stereocenters. The summed E-state index contributed by atoms with van der Waals surface area (Å²) in [6.07, 6.45) is 3.43. The Kier molecular flexibility index (Phi) is 3.80. The van der Waals surface area contributed by atoms with Gasteiger partial charge in [0.2, 0.25) is 5.91 Å². The third-order valence-corrected chi connectivity index (χ3v) is 4.79. The predicted octanol–water partition coefficient (Wildman–Crippen LogP) is 2.82. The molecule has 6 heteroatoms. The summed E-state index contributed by atoms with van der Waals surface area (Å²) in [4.78, 5) is 23.6.